The van der Waals surface area contributed by atoms with Crippen molar-refractivity contribution in [2.45, 2.75) is 32.5 Å². The lowest BCUT2D eigenvalue weighted by atomic mass is 10.2. The van der Waals surface area contributed by atoms with Crippen LogP contribution in [0.5, 0.6) is 0 Å². The summed E-state index contributed by atoms with van der Waals surface area (Å²) >= 11 is 0. The van der Waals surface area contributed by atoms with E-state index in [1.54, 1.807) is 0 Å². The number of aryl methyl sites for hydroxylation is 1. The van der Waals surface area contributed by atoms with Gasteiger partial charge in [-0.2, -0.15) is 0 Å². The van der Waals surface area contributed by atoms with Gasteiger partial charge in [0.05, 0.1) is 19.8 Å². The van der Waals surface area contributed by atoms with Gasteiger partial charge in [-0.05, 0) is 34.4 Å². The number of hydrogen-bond acceptors (Lipinski definition) is 6. The number of hydrogen-bond donors (Lipinski definition) is 0. The van der Waals surface area contributed by atoms with E-state index in [0.29, 0.717) is 19.5 Å². The third-order valence-electron chi connectivity index (χ3n) is 5.62. The molecule has 9 heteroatoms. The molecule has 1 saturated heterocycles. The first-order chi connectivity index (χ1) is 14.7. The van der Waals surface area contributed by atoms with E-state index in [1.807, 2.05) is 28.8 Å². The number of carbonyl (C=O) groups is 1. The molecule has 0 spiro atoms. The molecule has 4 rings (SSSR count). The first-order valence-corrected chi connectivity index (χ1v) is 10.5. The number of tetrazole rings is 1. The predicted molar refractivity (Wildman–Crippen MR) is 113 cm³/mol. The number of nitrogens with zero attached hydrogens (tertiary/aromatic N) is 7. The van der Waals surface area contributed by atoms with Gasteiger partial charge in [-0.3, -0.25) is 9.69 Å². The summed E-state index contributed by atoms with van der Waals surface area (Å²) in [6, 6.07) is 10.4. The van der Waals surface area contributed by atoms with Gasteiger partial charge in [0.1, 0.15) is 0 Å². The van der Waals surface area contributed by atoms with Crippen LogP contribution in [0, 0.1) is 0 Å². The van der Waals surface area contributed by atoms with Crippen molar-refractivity contribution in [2.75, 3.05) is 39.9 Å². The van der Waals surface area contributed by atoms with Crippen LogP contribution in [0.4, 0.5) is 0 Å². The molecule has 0 unspecified atom stereocenters. The van der Waals surface area contributed by atoms with Crippen molar-refractivity contribution < 1.29 is 9.53 Å². The summed E-state index contributed by atoms with van der Waals surface area (Å²) in [6.45, 7) is 6.13. The Hall–Kier alpha value is -2.78. The highest BCUT2D eigenvalue weighted by Crippen LogP contribution is 2.15. The molecule has 160 valence electrons. The van der Waals surface area contributed by atoms with Gasteiger partial charge in [0.25, 0.3) is 0 Å². The van der Waals surface area contributed by atoms with Crippen LogP contribution in [-0.2, 0) is 29.2 Å². The standard InChI is InChI=1S/C21H29N7O2/c1-25(11-12-27-10-8-18-5-2-3-6-19(18)27)21(29)7-4-9-28-20(22-23-24-28)17-26-13-15-30-16-14-26/h2-3,5-6,8,10H,4,7,9,11-17H2,1H3. The average molecular weight is 412 g/mol. The summed E-state index contributed by atoms with van der Waals surface area (Å²) in [5, 5.41) is 13.3. The van der Waals surface area contributed by atoms with Crippen LogP contribution in [0.2, 0.25) is 0 Å². The lowest BCUT2D eigenvalue weighted by Gasteiger charge is -2.25. The van der Waals surface area contributed by atoms with Crippen molar-refractivity contribution >= 4 is 16.8 Å². The maximum absolute atomic E-state index is 12.5. The minimum absolute atomic E-state index is 0.147. The van der Waals surface area contributed by atoms with E-state index in [2.05, 4.69) is 49.4 Å². The highest BCUT2D eigenvalue weighted by atomic mass is 16.5. The number of amides is 1. The highest BCUT2D eigenvalue weighted by Gasteiger charge is 2.16. The number of ether oxygens (including phenoxy) is 1. The van der Waals surface area contributed by atoms with Gasteiger partial charge >= 0.3 is 0 Å². The number of likely N-dealkylation sites (N-methyl/N-ethyl adjacent to an activating group) is 1. The van der Waals surface area contributed by atoms with Crippen LogP contribution in [-0.4, -0.2) is 80.4 Å². The molecule has 3 aromatic rings. The first-order valence-electron chi connectivity index (χ1n) is 10.5. The van der Waals surface area contributed by atoms with E-state index < -0.39 is 0 Å². The van der Waals surface area contributed by atoms with Gasteiger partial charge in [0.15, 0.2) is 5.82 Å². The third kappa shape index (κ3) is 5.03. The molecule has 0 N–H and O–H groups in total. The summed E-state index contributed by atoms with van der Waals surface area (Å²) in [5.74, 6) is 0.992. The van der Waals surface area contributed by atoms with Gasteiger partial charge in [0.2, 0.25) is 5.91 Å². The molecule has 0 saturated carbocycles. The maximum atomic E-state index is 12.5. The van der Waals surface area contributed by atoms with Crippen molar-refractivity contribution in [3.05, 3.63) is 42.4 Å². The Morgan fingerprint density at radius 1 is 1.17 bits per heavy atom. The van der Waals surface area contributed by atoms with Crippen LogP contribution in [0.15, 0.2) is 36.5 Å². The maximum Gasteiger partial charge on any atom is 0.222 e. The molecule has 0 atom stereocenters. The van der Waals surface area contributed by atoms with Gasteiger partial charge in [-0.25, -0.2) is 4.68 Å². The van der Waals surface area contributed by atoms with Gasteiger partial charge < -0.3 is 14.2 Å². The molecule has 0 radical (unpaired) electrons. The lowest BCUT2D eigenvalue weighted by Crippen LogP contribution is -2.36. The lowest BCUT2D eigenvalue weighted by molar-refractivity contribution is -0.130. The Bertz CT molecular complexity index is 961. The zero-order valence-electron chi connectivity index (χ0n) is 17.5. The smallest absolute Gasteiger partial charge is 0.222 e. The second-order valence-electron chi connectivity index (χ2n) is 7.69. The Morgan fingerprint density at radius 2 is 2.00 bits per heavy atom. The molecule has 3 heterocycles. The van der Waals surface area contributed by atoms with Crippen LogP contribution >= 0.6 is 0 Å². The molecule has 1 amide bonds. The highest BCUT2D eigenvalue weighted by molar-refractivity contribution is 5.80. The van der Waals surface area contributed by atoms with Crippen molar-refractivity contribution in [2.24, 2.45) is 0 Å². The molecular formula is C21H29N7O2. The topological polar surface area (TPSA) is 81.3 Å². The molecule has 9 nitrogen and oxygen atoms in total. The molecule has 30 heavy (non-hydrogen) atoms. The molecule has 1 aliphatic heterocycles. The van der Waals surface area contributed by atoms with Gasteiger partial charge in [0, 0.05) is 57.9 Å². The first kappa shape index (κ1) is 20.5. The average Bonchev–Trinajstić information content (AvgIpc) is 3.39. The van der Waals surface area contributed by atoms with E-state index in [4.69, 9.17) is 4.74 Å². The number of aromatic nitrogens is 5. The molecule has 2 aromatic heterocycles. The molecule has 0 bridgehead atoms. The molecule has 0 aliphatic carbocycles. The summed E-state index contributed by atoms with van der Waals surface area (Å²) in [6.07, 6.45) is 3.28. The van der Waals surface area contributed by atoms with E-state index in [-0.39, 0.29) is 5.91 Å². The summed E-state index contributed by atoms with van der Waals surface area (Å²) in [4.78, 5) is 16.6. The Kier molecular flexibility index (Phi) is 6.70. The molecule has 1 aliphatic rings. The van der Waals surface area contributed by atoms with Crippen LogP contribution in [0.3, 0.4) is 0 Å². The summed E-state index contributed by atoms with van der Waals surface area (Å²) in [5.41, 5.74) is 1.20. The van der Waals surface area contributed by atoms with Crippen molar-refractivity contribution in [1.82, 2.24) is 34.6 Å². The summed E-state index contributed by atoms with van der Waals surface area (Å²) in [7, 11) is 1.87. The predicted octanol–water partition coefficient (Wildman–Crippen LogP) is 1.40. The second-order valence-corrected chi connectivity index (χ2v) is 7.69. The fourth-order valence-corrected chi connectivity index (χ4v) is 3.76. The monoisotopic (exact) mass is 411 g/mol. The zero-order valence-corrected chi connectivity index (χ0v) is 17.5. The van der Waals surface area contributed by atoms with E-state index in [9.17, 15) is 4.79 Å². The number of para-hydroxylation sites is 1. The summed E-state index contributed by atoms with van der Waals surface area (Å²) < 4.78 is 9.39. The van der Waals surface area contributed by atoms with Crippen molar-refractivity contribution in [3.8, 4) is 0 Å². The normalized spacial score (nSPS) is 15.0. The second kappa shape index (κ2) is 9.82. The number of rotatable bonds is 9. The van der Waals surface area contributed by atoms with Crippen LogP contribution in [0.25, 0.3) is 10.9 Å². The van der Waals surface area contributed by atoms with E-state index in [0.717, 1.165) is 51.6 Å². The van der Waals surface area contributed by atoms with Crippen molar-refractivity contribution in [3.63, 3.8) is 0 Å². The van der Waals surface area contributed by atoms with Gasteiger partial charge in [-0.15, -0.1) is 5.10 Å². The minimum Gasteiger partial charge on any atom is -0.379 e. The minimum atomic E-state index is 0.147. The quantitative estimate of drug-likeness (QED) is 0.529. The van der Waals surface area contributed by atoms with Crippen molar-refractivity contribution in [1.29, 1.82) is 0 Å². The molecule has 1 aromatic carbocycles. The van der Waals surface area contributed by atoms with Crippen LogP contribution in [0.1, 0.15) is 18.7 Å². The largest absolute Gasteiger partial charge is 0.379 e. The SMILES string of the molecule is CN(CCn1ccc2ccccc21)C(=O)CCCn1nnnc1CN1CCOCC1. The van der Waals surface area contributed by atoms with E-state index in [1.165, 1.54) is 10.9 Å². The number of morpholine rings is 1. The van der Waals surface area contributed by atoms with Gasteiger partial charge in [-0.1, -0.05) is 18.2 Å². The fraction of sp³-hybridized carbons (Fsp3) is 0.524. The van der Waals surface area contributed by atoms with Crippen LogP contribution < -0.4 is 0 Å². The Balaban J connectivity index is 1.21. The number of carbonyl (C=O) groups excluding carboxylic acids is 1. The zero-order chi connectivity index (χ0) is 20.8. The molecule has 1 fully saturated rings. The number of benzene rings is 1. The third-order valence-corrected chi connectivity index (χ3v) is 5.62. The molecular weight excluding hydrogens is 382 g/mol. The fourth-order valence-electron chi connectivity index (χ4n) is 3.76. The Labute approximate surface area is 176 Å². The Morgan fingerprint density at radius 3 is 2.87 bits per heavy atom. The number of fused-ring (bicyclic) bond motifs is 1. The van der Waals surface area contributed by atoms with E-state index >= 15 is 0 Å².